The van der Waals surface area contributed by atoms with Gasteiger partial charge in [-0.3, -0.25) is 14.7 Å². The van der Waals surface area contributed by atoms with Crippen LogP contribution in [0.4, 0.5) is 4.39 Å². The fourth-order valence-corrected chi connectivity index (χ4v) is 3.91. The molecule has 1 aromatic heterocycles. The molecule has 3 aromatic rings. The molecule has 1 saturated heterocycles. The highest BCUT2D eigenvalue weighted by Crippen LogP contribution is 2.24. The zero-order valence-electron chi connectivity index (χ0n) is 16.0. The number of benzene rings is 2. The molecular formula is C24H22ClFN2O. The van der Waals surface area contributed by atoms with Crippen molar-refractivity contribution in [3.8, 4) is 11.3 Å². The van der Waals surface area contributed by atoms with Crippen LogP contribution in [-0.2, 0) is 6.54 Å². The first-order valence-corrected chi connectivity index (χ1v) is 10.2. The monoisotopic (exact) mass is 408 g/mol. The Bertz CT molecular complexity index is 981. The summed E-state index contributed by atoms with van der Waals surface area (Å²) in [5.41, 5.74) is 3.46. The zero-order chi connectivity index (χ0) is 20.2. The molecule has 0 radical (unpaired) electrons. The molecule has 2 heterocycles. The highest BCUT2D eigenvalue weighted by atomic mass is 35.5. The van der Waals surface area contributed by atoms with Crippen molar-refractivity contribution in [2.45, 2.75) is 19.4 Å². The van der Waals surface area contributed by atoms with Crippen LogP contribution in [0, 0.1) is 11.7 Å². The average molecular weight is 409 g/mol. The summed E-state index contributed by atoms with van der Waals surface area (Å²) in [6.07, 6.45) is 1.69. The lowest BCUT2D eigenvalue weighted by atomic mass is 9.89. The van der Waals surface area contributed by atoms with E-state index in [1.807, 2.05) is 30.3 Å². The number of rotatable bonds is 5. The third-order valence-corrected chi connectivity index (χ3v) is 5.67. The van der Waals surface area contributed by atoms with Gasteiger partial charge in [0.05, 0.1) is 11.4 Å². The summed E-state index contributed by atoms with van der Waals surface area (Å²) < 4.78 is 13.1. The van der Waals surface area contributed by atoms with E-state index < -0.39 is 0 Å². The molecule has 5 heteroatoms. The number of hydrogen-bond acceptors (Lipinski definition) is 3. The maximum absolute atomic E-state index is 13.1. The van der Waals surface area contributed by atoms with E-state index in [0.29, 0.717) is 5.02 Å². The van der Waals surface area contributed by atoms with Gasteiger partial charge in [-0.15, -0.1) is 0 Å². The van der Waals surface area contributed by atoms with Crippen molar-refractivity contribution in [3.63, 3.8) is 0 Å². The van der Waals surface area contributed by atoms with E-state index in [2.05, 4.69) is 4.90 Å². The maximum Gasteiger partial charge on any atom is 0.166 e. The molecule has 0 unspecified atom stereocenters. The Morgan fingerprint density at radius 2 is 1.69 bits per heavy atom. The molecule has 0 atom stereocenters. The Labute approximate surface area is 175 Å². The normalized spacial score (nSPS) is 15.4. The van der Waals surface area contributed by atoms with Crippen LogP contribution in [0.3, 0.4) is 0 Å². The van der Waals surface area contributed by atoms with Crippen molar-refractivity contribution >= 4 is 17.4 Å². The minimum Gasteiger partial charge on any atom is -0.297 e. The van der Waals surface area contributed by atoms with Gasteiger partial charge in [-0.2, -0.15) is 0 Å². The maximum atomic E-state index is 13.1. The van der Waals surface area contributed by atoms with Crippen LogP contribution in [0.1, 0.15) is 28.9 Å². The highest BCUT2D eigenvalue weighted by molar-refractivity contribution is 6.30. The number of ketones is 1. The zero-order valence-corrected chi connectivity index (χ0v) is 16.8. The third-order valence-electron chi connectivity index (χ3n) is 5.42. The molecule has 1 aliphatic heterocycles. The van der Waals surface area contributed by atoms with Gasteiger partial charge < -0.3 is 0 Å². The van der Waals surface area contributed by atoms with Crippen molar-refractivity contribution in [2.24, 2.45) is 5.92 Å². The molecule has 0 aliphatic carbocycles. The fourth-order valence-electron chi connectivity index (χ4n) is 3.78. The lowest BCUT2D eigenvalue weighted by molar-refractivity contribution is 0.0834. The summed E-state index contributed by atoms with van der Waals surface area (Å²) >= 11 is 5.91. The molecule has 0 amide bonds. The SMILES string of the molecule is O=C(c1ccc(Cl)cc1)C1CCN(Cc2cccc(-c3ccc(F)cc3)n2)CC1. The molecule has 0 spiro atoms. The predicted molar refractivity (Wildman–Crippen MR) is 113 cm³/mol. The van der Waals surface area contributed by atoms with E-state index in [9.17, 15) is 9.18 Å². The summed E-state index contributed by atoms with van der Waals surface area (Å²) in [5, 5.41) is 0.645. The lowest BCUT2D eigenvalue weighted by Crippen LogP contribution is -2.36. The van der Waals surface area contributed by atoms with Crippen molar-refractivity contribution < 1.29 is 9.18 Å². The van der Waals surface area contributed by atoms with Gasteiger partial charge in [0.2, 0.25) is 0 Å². The van der Waals surface area contributed by atoms with E-state index in [1.165, 1.54) is 12.1 Å². The number of carbonyl (C=O) groups is 1. The van der Waals surface area contributed by atoms with Crippen LogP contribution >= 0.6 is 11.6 Å². The van der Waals surface area contributed by atoms with Crippen LogP contribution in [-0.4, -0.2) is 28.8 Å². The molecule has 1 fully saturated rings. The number of hydrogen-bond donors (Lipinski definition) is 0. The summed E-state index contributed by atoms with van der Waals surface area (Å²) in [5.74, 6) is 0.0182. The number of nitrogens with zero attached hydrogens (tertiary/aromatic N) is 2. The summed E-state index contributed by atoms with van der Waals surface area (Å²) in [6.45, 7) is 2.48. The molecule has 2 aromatic carbocycles. The minimum absolute atomic E-state index is 0.0611. The largest absolute Gasteiger partial charge is 0.297 e. The van der Waals surface area contributed by atoms with Crippen LogP contribution in [0.25, 0.3) is 11.3 Å². The highest BCUT2D eigenvalue weighted by Gasteiger charge is 2.26. The standard InChI is InChI=1S/C24H22ClFN2O/c25-20-8-4-18(5-9-20)24(29)19-12-14-28(15-13-19)16-22-2-1-3-23(27-22)17-6-10-21(26)11-7-17/h1-11,19H,12-16H2. The van der Waals surface area contributed by atoms with Gasteiger partial charge in [0, 0.05) is 28.6 Å². The topological polar surface area (TPSA) is 33.2 Å². The van der Waals surface area contributed by atoms with Crippen molar-refractivity contribution in [1.82, 2.24) is 9.88 Å². The van der Waals surface area contributed by atoms with E-state index in [1.54, 1.807) is 24.3 Å². The Morgan fingerprint density at radius 3 is 2.38 bits per heavy atom. The number of Topliss-reactive ketones (excluding diaryl/α,β-unsaturated/α-hetero) is 1. The Balaban J connectivity index is 1.36. The predicted octanol–water partition coefficient (Wildman–Crippen LogP) is 5.64. The number of likely N-dealkylation sites (tertiary alicyclic amines) is 1. The lowest BCUT2D eigenvalue weighted by Gasteiger charge is -2.31. The quantitative estimate of drug-likeness (QED) is 0.512. The third kappa shape index (κ3) is 4.89. The molecule has 29 heavy (non-hydrogen) atoms. The number of pyridine rings is 1. The van der Waals surface area contributed by atoms with Gasteiger partial charge in [-0.1, -0.05) is 17.7 Å². The van der Waals surface area contributed by atoms with E-state index in [0.717, 1.165) is 55.0 Å². The molecule has 1 aliphatic rings. The van der Waals surface area contributed by atoms with Gasteiger partial charge in [0.25, 0.3) is 0 Å². The summed E-state index contributed by atoms with van der Waals surface area (Å²) in [7, 11) is 0. The number of halogens is 2. The van der Waals surface area contributed by atoms with Gasteiger partial charge >= 0.3 is 0 Å². The van der Waals surface area contributed by atoms with Crippen LogP contribution in [0.2, 0.25) is 5.02 Å². The van der Waals surface area contributed by atoms with Crippen molar-refractivity contribution in [3.05, 3.63) is 88.8 Å². The van der Waals surface area contributed by atoms with Crippen LogP contribution in [0.5, 0.6) is 0 Å². The van der Waals surface area contributed by atoms with Crippen LogP contribution < -0.4 is 0 Å². The Kier molecular flexibility index (Phi) is 6.02. The second-order valence-corrected chi connectivity index (χ2v) is 7.88. The molecule has 148 valence electrons. The number of piperidine rings is 1. The summed E-state index contributed by atoms with van der Waals surface area (Å²) in [6, 6.07) is 19.5. The minimum atomic E-state index is -0.249. The molecule has 0 saturated carbocycles. The Morgan fingerprint density at radius 1 is 1.00 bits per heavy atom. The van der Waals surface area contributed by atoms with Gasteiger partial charge in [0.1, 0.15) is 5.82 Å². The molecule has 0 N–H and O–H groups in total. The van der Waals surface area contributed by atoms with E-state index in [4.69, 9.17) is 16.6 Å². The van der Waals surface area contributed by atoms with Crippen molar-refractivity contribution in [2.75, 3.05) is 13.1 Å². The Hall–Kier alpha value is -2.56. The molecule has 3 nitrogen and oxygen atoms in total. The number of aromatic nitrogens is 1. The van der Waals surface area contributed by atoms with Crippen LogP contribution in [0.15, 0.2) is 66.7 Å². The van der Waals surface area contributed by atoms with E-state index >= 15 is 0 Å². The molecule has 4 rings (SSSR count). The number of carbonyl (C=O) groups excluding carboxylic acids is 1. The summed E-state index contributed by atoms with van der Waals surface area (Å²) in [4.78, 5) is 19.8. The van der Waals surface area contributed by atoms with Gasteiger partial charge in [0.15, 0.2) is 5.78 Å². The average Bonchev–Trinajstić information content (AvgIpc) is 2.75. The molecule has 0 bridgehead atoms. The van der Waals surface area contributed by atoms with E-state index in [-0.39, 0.29) is 17.5 Å². The first-order chi connectivity index (χ1) is 14.1. The van der Waals surface area contributed by atoms with Crippen molar-refractivity contribution in [1.29, 1.82) is 0 Å². The first-order valence-electron chi connectivity index (χ1n) is 9.82. The second kappa shape index (κ2) is 8.85. The van der Waals surface area contributed by atoms with Gasteiger partial charge in [-0.25, -0.2) is 4.39 Å². The van der Waals surface area contributed by atoms with Gasteiger partial charge in [-0.05, 0) is 86.6 Å². The fraction of sp³-hybridized carbons (Fsp3) is 0.250. The molecular weight excluding hydrogens is 387 g/mol. The smallest absolute Gasteiger partial charge is 0.166 e. The second-order valence-electron chi connectivity index (χ2n) is 7.44. The first kappa shape index (κ1) is 19.7.